The van der Waals surface area contributed by atoms with Crippen LogP contribution in [0.2, 0.25) is 0 Å². The first-order valence-electron chi connectivity index (χ1n) is 7.43. The average Bonchev–Trinajstić information content (AvgIpc) is 3.23. The number of fused-ring (bicyclic) bond motifs is 1. The third-order valence-electron chi connectivity index (χ3n) is 3.85. The fourth-order valence-electron chi connectivity index (χ4n) is 2.56. The Morgan fingerprint density at radius 2 is 2.00 bits per heavy atom. The molecule has 0 bridgehead atoms. The number of rotatable bonds is 3. The highest BCUT2D eigenvalue weighted by Gasteiger charge is 2.11. The molecule has 5 nitrogen and oxygen atoms in total. The molecule has 4 rings (SSSR count). The summed E-state index contributed by atoms with van der Waals surface area (Å²) in [5.41, 5.74) is 3.45. The molecule has 0 fully saturated rings. The van der Waals surface area contributed by atoms with Crippen LogP contribution in [0.3, 0.4) is 0 Å². The van der Waals surface area contributed by atoms with Crippen molar-refractivity contribution in [1.82, 2.24) is 14.5 Å². The minimum Gasteiger partial charge on any atom is -0.351 e. The maximum atomic E-state index is 12.5. The van der Waals surface area contributed by atoms with Crippen LogP contribution in [-0.2, 0) is 7.05 Å². The second kappa shape index (κ2) is 5.90. The van der Waals surface area contributed by atoms with Crippen LogP contribution in [-0.4, -0.2) is 20.4 Å². The van der Waals surface area contributed by atoms with Gasteiger partial charge in [-0.15, -0.1) is 11.3 Å². The predicted octanol–water partition coefficient (Wildman–Crippen LogP) is 3.95. The number of carbonyl (C=O) groups is 1. The van der Waals surface area contributed by atoms with E-state index in [1.807, 2.05) is 59.6 Å². The number of nitrogens with zero attached hydrogens (tertiary/aromatic N) is 3. The molecule has 24 heavy (non-hydrogen) atoms. The molecule has 0 unspecified atom stereocenters. The highest BCUT2D eigenvalue weighted by molar-refractivity contribution is 7.14. The van der Waals surface area contributed by atoms with E-state index in [9.17, 15) is 4.79 Å². The van der Waals surface area contributed by atoms with Gasteiger partial charge >= 0.3 is 0 Å². The number of hydrogen-bond acceptors (Lipinski definition) is 4. The van der Waals surface area contributed by atoms with E-state index in [-0.39, 0.29) is 5.91 Å². The van der Waals surface area contributed by atoms with Crippen LogP contribution in [0.1, 0.15) is 10.4 Å². The molecule has 6 heteroatoms. The Balaban J connectivity index is 1.57. The van der Waals surface area contributed by atoms with Crippen molar-refractivity contribution in [3.8, 4) is 11.3 Å². The predicted molar refractivity (Wildman–Crippen MR) is 96.2 cm³/mol. The highest BCUT2D eigenvalue weighted by Crippen LogP contribution is 2.25. The number of anilines is 1. The zero-order valence-corrected chi connectivity index (χ0v) is 13.7. The maximum Gasteiger partial charge on any atom is 0.257 e. The lowest BCUT2D eigenvalue weighted by Gasteiger charge is -2.03. The second-order valence-corrected chi connectivity index (χ2v) is 6.29. The van der Waals surface area contributed by atoms with Gasteiger partial charge in [-0.3, -0.25) is 15.1 Å². The molecule has 1 aromatic carbocycles. The van der Waals surface area contributed by atoms with Crippen LogP contribution in [0, 0.1) is 0 Å². The average molecular weight is 334 g/mol. The summed E-state index contributed by atoms with van der Waals surface area (Å²) < 4.78 is 2.00. The van der Waals surface area contributed by atoms with Crippen molar-refractivity contribution in [1.29, 1.82) is 0 Å². The second-order valence-electron chi connectivity index (χ2n) is 5.43. The smallest absolute Gasteiger partial charge is 0.257 e. The highest BCUT2D eigenvalue weighted by atomic mass is 32.1. The van der Waals surface area contributed by atoms with Crippen LogP contribution >= 0.6 is 11.3 Å². The van der Waals surface area contributed by atoms with Gasteiger partial charge in [0.25, 0.3) is 5.91 Å². The first-order valence-corrected chi connectivity index (χ1v) is 8.31. The molecule has 3 aromatic heterocycles. The zero-order valence-electron chi connectivity index (χ0n) is 12.9. The maximum absolute atomic E-state index is 12.5. The molecule has 0 radical (unpaired) electrons. The van der Waals surface area contributed by atoms with E-state index in [2.05, 4.69) is 15.3 Å². The molecule has 4 aromatic rings. The van der Waals surface area contributed by atoms with Gasteiger partial charge in [0.05, 0.1) is 5.69 Å². The lowest BCUT2D eigenvalue weighted by atomic mass is 10.1. The van der Waals surface area contributed by atoms with E-state index < -0.39 is 0 Å². The number of nitrogens with one attached hydrogen (secondary N) is 1. The Hall–Kier alpha value is -2.99. The molecule has 0 saturated carbocycles. The van der Waals surface area contributed by atoms with Crippen molar-refractivity contribution in [3.05, 3.63) is 65.9 Å². The van der Waals surface area contributed by atoms with Crippen molar-refractivity contribution in [2.24, 2.45) is 7.05 Å². The van der Waals surface area contributed by atoms with Gasteiger partial charge in [0.15, 0.2) is 5.13 Å². The van der Waals surface area contributed by atoms with E-state index in [4.69, 9.17) is 0 Å². The number of carbonyl (C=O) groups excluding carboxylic acids is 1. The Labute approximate surface area is 142 Å². The standard InChI is InChI=1S/C18H14N4OS/c1-22-9-6-13-2-3-14(10-16(13)22)17(23)21-18-20-15(11-24-18)12-4-7-19-8-5-12/h2-11H,1H3,(H,20,21,23). The number of aromatic nitrogens is 3. The Kier molecular flexibility index (Phi) is 3.59. The Morgan fingerprint density at radius 1 is 1.17 bits per heavy atom. The number of benzene rings is 1. The van der Waals surface area contributed by atoms with E-state index in [0.29, 0.717) is 10.7 Å². The molecule has 0 atom stereocenters. The van der Waals surface area contributed by atoms with Crippen molar-refractivity contribution in [2.75, 3.05) is 5.32 Å². The van der Waals surface area contributed by atoms with Gasteiger partial charge < -0.3 is 4.57 Å². The number of hydrogen-bond donors (Lipinski definition) is 1. The van der Waals surface area contributed by atoms with Gasteiger partial charge in [0, 0.05) is 47.7 Å². The summed E-state index contributed by atoms with van der Waals surface area (Å²) in [6.07, 6.45) is 5.43. The number of amides is 1. The first kappa shape index (κ1) is 14.6. The molecule has 118 valence electrons. The van der Waals surface area contributed by atoms with E-state index in [1.165, 1.54) is 11.3 Å². The monoisotopic (exact) mass is 334 g/mol. The topological polar surface area (TPSA) is 59.8 Å². The summed E-state index contributed by atoms with van der Waals surface area (Å²) in [4.78, 5) is 20.9. The molecule has 3 heterocycles. The fraction of sp³-hybridized carbons (Fsp3) is 0.0556. The molecule has 0 aliphatic heterocycles. The minimum absolute atomic E-state index is 0.159. The molecule has 0 saturated heterocycles. The first-order chi connectivity index (χ1) is 11.7. The minimum atomic E-state index is -0.159. The lowest BCUT2D eigenvalue weighted by Crippen LogP contribution is -2.11. The SMILES string of the molecule is Cn1ccc2ccc(C(=O)Nc3nc(-c4ccncc4)cs3)cc21. The van der Waals surface area contributed by atoms with Gasteiger partial charge in [-0.1, -0.05) is 6.07 Å². The number of aryl methyl sites for hydroxylation is 1. The normalized spacial score (nSPS) is 10.9. The van der Waals surface area contributed by atoms with Crippen LogP contribution in [0.5, 0.6) is 0 Å². The molecule has 0 aliphatic carbocycles. The number of pyridine rings is 1. The summed E-state index contributed by atoms with van der Waals surface area (Å²) in [6.45, 7) is 0. The van der Waals surface area contributed by atoms with E-state index >= 15 is 0 Å². The molecular formula is C18H14N4OS. The van der Waals surface area contributed by atoms with Gasteiger partial charge in [0.2, 0.25) is 0 Å². The summed E-state index contributed by atoms with van der Waals surface area (Å²) in [6, 6.07) is 11.5. The van der Waals surface area contributed by atoms with Crippen LogP contribution in [0.4, 0.5) is 5.13 Å². The van der Waals surface area contributed by atoms with Crippen LogP contribution in [0.25, 0.3) is 22.2 Å². The zero-order chi connectivity index (χ0) is 16.5. The van der Waals surface area contributed by atoms with Crippen molar-refractivity contribution in [3.63, 3.8) is 0 Å². The van der Waals surface area contributed by atoms with Crippen LogP contribution < -0.4 is 5.32 Å². The lowest BCUT2D eigenvalue weighted by molar-refractivity contribution is 0.102. The summed E-state index contributed by atoms with van der Waals surface area (Å²) in [5.74, 6) is -0.159. The molecule has 1 amide bonds. The van der Waals surface area contributed by atoms with Crippen LogP contribution in [0.15, 0.2) is 60.4 Å². The molecule has 0 spiro atoms. The quantitative estimate of drug-likeness (QED) is 0.617. The Bertz CT molecular complexity index is 1020. The molecular weight excluding hydrogens is 320 g/mol. The third-order valence-corrected chi connectivity index (χ3v) is 4.61. The number of thiazole rings is 1. The van der Waals surface area contributed by atoms with Gasteiger partial charge in [0.1, 0.15) is 0 Å². The third kappa shape index (κ3) is 2.68. The Morgan fingerprint density at radius 3 is 2.83 bits per heavy atom. The molecule has 1 N–H and O–H groups in total. The van der Waals surface area contributed by atoms with Gasteiger partial charge in [-0.2, -0.15) is 0 Å². The van der Waals surface area contributed by atoms with Crippen molar-refractivity contribution in [2.45, 2.75) is 0 Å². The van der Waals surface area contributed by atoms with Crippen molar-refractivity contribution >= 4 is 33.3 Å². The summed E-state index contributed by atoms with van der Waals surface area (Å²) in [5, 5.41) is 6.49. The van der Waals surface area contributed by atoms with E-state index in [0.717, 1.165) is 22.2 Å². The van der Waals surface area contributed by atoms with E-state index in [1.54, 1.807) is 12.4 Å². The largest absolute Gasteiger partial charge is 0.351 e. The molecule has 0 aliphatic rings. The van der Waals surface area contributed by atoms with Crippen molar-refractivity contribution < 1.29 is 4.79 Å². The van der Waals surface area contributed by atoms with Gasteiger partial charge in [-0.05, 0) is 35.7 Å². The fourth-order valence-corrected chi connectivity index (χ4v) is 3.27. The summed E-state index contributed by atoms with van der Waals surface area (Å²) in [7, 11) is 1.96. The van der Waals surface area contributed by atoms with Gasteiger partial charge in [-0.25, -0.2) is 4.98 Å². The summed E-state index contributed by atoms with van der Waals surface area (Å²) >= 11 is 1.41.